The van der Waals surface area contributed by atoms with Crippen LogP contribution < -0.4 is 21.3 Å². The highest BCUT2D eigenvalue weighted by Gasteiger charge is 2.33. The van der Waals surface area contributed by atoms with Crippen molar-refractivity contribution in [3.05, 3.63) is 0 Å². The van der Waals surface area contributed by atoms with Crippen molar-refractivity contribution < 1.29 is 57.3 Å². The van der Waals surface area contributed by atoms with Gasteiger partial charge in [0.25, 0.3) is 23.6 Å². The van der Waals surface area contributed by atoms with E-state index < -0.39 is 71.9 Å². The topological polar surface area (TPSA) is 231 Å². The summed E-state index contributed by atoms with van der Waals surface area (Å²) in [7, 11) is 2.02. The molecule has 0 aromatic rings. The maximum Gasteiger partial charge on any atom is 0.306 e. The summed E-state index contributed by atoms with van der Waals surface area (Å²) in [4.78, 5) is 118. The lowest BCUT2D eigenvalue weighted by Gasteiger charge is -2.31. The molecule has 0 aliphatic rings. The Morgan fingerprint density at radius 1 is 0.218 bits per heavy atom. The number of carbonyl (C=O) groups is 8. The number of rotatable bonds is 84. The number of carbonyl (C=O) groups excluding carboxylic acids is 8. The van der Waals surface area contributed by atoms with E-state index in [1.165, 1.54) is 154 Å². The van der Waals surface area contributed by atoms with Gasteiger partial charge in [0, 0.05) is 78.0 Å². The lowest BCUT2D eigenvalue weighted by Crippen LogP contribution is -2.51. The van der Waals surface area contributed by atoms with E-state index in [1.54, 1.807) is 0 Å². The summed E-state index contributed by atoms with van der Waals surface area (Å²) in [6.07, 6.45) is 52.9. The second kappa shape index (κ2) is 79.9. The minimum Gasteiger partial charge on any atom is -0.451 e. The minimum atomic E-state index is -1.19. The fraction of sp³-hybridized carbons (Fsp3) is 0.912. The lowest BCUT2D eigenvalue weighted by molar-refractivity contribution is -0.160. The van der Waals surface area contributed by atoms with Crippen molar-refractivity contribution in [2.24, 2.45) is 0 Å². The number of amides is 4. The number of nitrogens with zero attached hydrogens (tertiary/aromatic N) is 3. The summed E-state index contributed by atoms with van der Waals surface area (Å²) >= 11 is 0. The number of hydrogen-bond acceptors (Lipinski definition) is 15. The van der Waals surface area contributed by atoms with Crippen molar-refractivity contribution in [2.75, 3.05) is 85.6 Å². The van der Waals surface area contributed by atoms with E-state index >= 15 is 0 Å². The monoisotopic (exact) mass is 1560 g/mol. The zero-order chi connectivity index (χ0) is 80.8. The van der Waals surface area contributed by atoms with Crippen LogP contribution >= 0.6 is 0 Å². The number of hydrogen-bond donors (Lipinski definition) is 4. The number of unbranched alkanes of at least 4 members (excludes halogenated alkanes) is 44. The fourth-order valence-corrected chi connectivity index (χ4v) is 14.1. The molecule has 0 radical (unpaired) electrons. The van der Waals surface area contributed by atoms with Crippen LogP contribution in [0.4, 0.5) is 0 Å². The maximum atomic E-state index is 14.4. The highest BCUT2D eigenvalue weighted by atomic mass is 16.6. The van der Waals surface area contributed by atoms with Crippen LogP contribution in [-0.2, 0) is 57.3 Å². The summed E-state index contributed by atoms with van der Waals surface area (Å²) in [6, 6.07) is 0. The Balaban J connectivity index is 7.29. The Morgan fingerprint density at radius 2 is 0.382 bits per heavy atom. The molecule has 0 saturated heterocycles. The van der Waals surface area contributed by atoms with Crippen LogP contribution in [0.1, 0.15) is 428 Å². The van der Waals surface area contributed by atoms with Crippen LogP contribution in [0.15, 0.2) is 0 Å². The molecule has 4 amide bonds. The minimum absolute atomic E-state index is 0.0218. The van der Waals surface area contributed by atoms with Gasteiger partial charge < -0.3 is 45.1 Å². The predicted octanol–water partition coefficient (Wildman–Crippen LogP) is 20.4. The Hall–Kier alpha value is -4.36. The van der Waals surface area contributed by atoms with E-state index in [4.69, 9.17) is 18.9 Å². The van der Waals surface area contributed by atoms with Crippen molar-refractivity contribution >= 4 is 47.5 Å². The van der Waals surface area contributed by atoms with E-state index in [9.17, 15) is 38.4 Å². The van der Waals surface area contributed by atoms with Gasteiger partial charge in [-0.15, -0.1) is 0 Å². The smallest absolute Gasteiger partial charge is 0.306 e. The van der Waals surface area contributed by atoms with Gasteiger partial charge in [-0.2, -0.15) is 0 Å². The van der Waals surface area contributed by atoms with Crippen LogP contribution in [-0.4, -0.2) is 172 Å². The second-order valence-electron chi connectivity index (χ2n) is 32.2. The third-order valence-corrected chi connectivity index (χ3v) is 21.2. The number of esters is 4. The molecule has 4 N–H and O–H groups in total. The number of ether oxygens (including phenoxy) is 4. The molecule has 0 aliphatic carbocycles. The van der Waals surface area contributed by atoms with Crippen molar-refractivity contribution in [3.63, 3.8) is 0 Å². The highest BCUT2D eigenvalue weighted by molar-refractivity contribution is 5.86. The molecule has 0 rings (SSSR count). The zero-order valence-corrected chi connectivity index (χ0v) is 73.0. The Kier molecular flexibility index (Phi) is 76.7. The number of nitrogens with one attached hydrogen (secondary N) is 4. The van der Waals surface area contributed by atoms with Crippen LogP contribution in [0.25, 0.3) is 0 Å². The van der Waals surface area contributed by atoms with Gasteiger partial charge in [0.05, 0.1) is 0 Å². The molecule has 646 valence electrons. The summed E-state index contributed by atoms with van der Waals surface area (Å²) in [5.74, 6) is -3.40. The molecule has 0 aliphatic heterocycles. The van der Waals surface area contributed by atoms with E-state index in [-0.39, 0.29) is 51.9 Å². The van der Waals surface area contributed by atoms with E-state index in [2.05, 4.69) is 81.6 Å². The average Bonchev–Trinajstić information content (AvgIpc) is 0.879. The van der Waals surface area contributed by atoms with Gasteiger partial charge in [-0.1, -0.05) is 338 Å². The molecule has 0 aromatic carbocycles. The van der Waals surface area contributed by atoms with Gasteiger partial charge in [-0.3, -0.25) is 48.2 Å². The quantitative estimate of drug-likeness (QED) is 0.0252. The Labute approximate surface area is 675 Å². The summed E-state index contributed by atoms with van der Waals surface area (Å²) in [6.45, 7) is 20.8. The normalized spacial score (nSPS) is 12.6. The third-order valence-electron chi connectivity index (χ3n) is 21.2. The van der Waals surface area contributed by atoms with E-state index in [0.717, 1.165) is 154 Å². The zero-order valence-electron chi connectivity index (χ0n) is 73.0. The average molecular weight is 1560 g/mol. The third kappa shape index (κ3) is 67.0. The molecule has 110 heavy (non-hydrogen) atoms. The van der Waals surface area contributed by atoms with Crippen molar-refractivity contribution in [1.82, 2.24) is 36.0 Å². The van der Waals surface area contributed by atoms with Gasteiger partial charge in [-0.25, -0.2) is 0 Å². The first-order valence-corrected chi connectivity index (χ1v) is 46.6. The maximum absolute atomic E-state index is 14.4. The molecular formula is C91H175N7O12. The summed E-state index contributed by atoms with van der Waals surface area (Å²) < 4.78 is 24.5. The Morgan fingerprint density at radius 3 is 0.564 bits per heavy atom. The molecule has 0 bridgehead atoms. The van der Waals surface area contributed by atoms with Gasteiger partial charge in [0.1, 0.15) is 0 Å². The summed E-state index contributed by atoms with van der Waals surface area (Å²) in [5, 5.41) is 12.4. The molecule has 0 spiro atoms. The molecule has 0 heterocycles. The molecule has 0 fully saturated rings. The molecule has 0 aromatic heterocycles. The molecule has 4 unspecified atom stereocenters. The fourth-order valence-electron chi connectivity index (χ4n) is 14.1. The van der Waals surface area contributed by atoms with Crippen LogP contribution in [0.3, 0.4) is 0 Å². The van der Waals surface area contributed by atoms with Gasteiger partial charge in [0.15, 0.2) is 24.4 Å². The van der Waals surface area contributed by atoms with Crippen molar-refractivity contribution in [3.8, 4) is 0 Å². The van der Waals surface area contributed by atoms with Crippen molar-refractivity contribution in [2.45, 2.75) is 452 Å². The molecule has 19 heteroatoms. The molecule has 4 atom stereocenters. The molecule has 0 saturated carbocycles. The Bertz CT molecular complexity index is 1890. The van der Waals surface area contributed by atoms with E-state index in [0.29, 0.717) is 90.9 Å². The molecule has 19 nitrogen and oxygen atoms in total. The first-order valence-electron chi connectivity index (χ1n) is 46.6. The first kappa shape index (κ1) is 106. The lowest BCUT2D eigenvalue weighted by atomic mass is 10.1. The van der Waals surface area contributed by atoms with Gasteiger partial charge >= 0.3 is 23.9 Å². The van der Waals surface area contributed by atoms with Crippen molar-refractivity contribution in [1.29, 1.82) is 0 Å². The summed E-state index contributed by atoms with van der Waals surface area (Å²) in [5.41, 5.74) is 0. The van der Waals surface area contributed by atoms with Crippen LogP contribution in [0, 0.1) is 0 Å². The molecular weight excluding hydrogens is 1380 g/mol. The largest absolute Gasteiger partial charge is 0.451 e. The predicted molar refractivity (Wildman–Crippen MR) is 455 cm³/mol. The van der Waals surface area contributed by atoms with Crippen LogP contribution in [0.2, 0.25) is 0 Å². The SMILES string of the molecule is CCCCCCCCCCCCNC(=O)C(CN(CCCN(C)CCCN(CC(OC(=O)CCCCC)C(=O)NCCCCCCCCCCCC)CC(OC(=O)CCCCC)C(=O)NCCCCCCCCCCCC)CC(OC(=O)CCCCC)C(=O)NCCCCCCCCCCCC)OC(=O)CCCCC. The highest BCUT2D eigenvalue weighted by Crippen LogP contribution is 2.18. The van der Waals surface area contributed by atoms with Crippen LogP contribution in [0.5, 0.6) is 0 Å². The van der Waals surface area contributed by atoms with E-state index in [1.807, 2.05) is 16.8 Å². The van der Waals surface area contributed by atoms with Gasteiger partial charge in [0.2, 0.25) is 0 Å². The first-order chi connectivity index (χ1) is 53.6. The van der Waals surface area contributed by atoms with Gasteiger partial charge in [-0.05, 0) is 97.4 Å². The second-order valence-corrected chi connectivity index (χ2v) is 32.2. The standard InChI is InChI=1S/C91H175N7O12/c1-10-18-26-30-34-38-42-46-50-58-68-92-88(103)80(107-84(99)64-54-22-14-5)76-97(77-81(108-85(100)65-55-23-15-6)89(104)93-69-59-51-47-43-39-35-31-27-19-11-2)74-62-72-96(9)73-63-75-98(78-82(109-86(101)66-56-24-16-7)90(105)94-70-60-52-48-44-40-36-32-28-20-12-3)79-83(110-87(102)67-57-25-17-8)91(106)95-71-61-53-49-45-41-37-33-29-21-13-4/h80-83H,10-79H2,1-9H3,(H,92,103)(H,93,104)(H,94,105)(H,95,106).